The number of aromatic nitrogens is 3. The number of hydrogen-bond donors (Lipinski definition) is 2. The largest absolute Gasteiger partial charge is 0.437 e. The van der Waals surface area contributed by atoms with Gasteiger partial charge in [-0.05, 0) is 80.8 Å². The van der Waals surface area contributed by atoms with E-state index >= 15 is 0 Å². The molecule has 0 amide bonds. The van der Waals surface area contributed by atoms with Gasteiger partial charge >= 0.3 is 0 Å². The SMILES string of the molecule is Cc1ccc2c(CC(=O)C3CC(C)(F)C3)cccc2c1Oc1ncccc1-c1ccnc(N[C@H]2CCCNC2)n1. The molecule has 206 valence electrons. The molecule has 1 aliphatic carbocycles. The summed E-state index contributed by atoms with van der Waals surface area (Å²) in [4.78, 5) is 26.7. The van der Waals surface area contributed by atoms with Crippen LogP contribution < -0.4 is 15.4 Å². The maximum atomic E-state index is 14.0. The van der Waals surface area contributed by atoms with Gasteiger partial charge in [-0.3, -0.25) is 4.79 Å². The minimum Gasteiger partial charge on any atom is -0.437 e. The second-order valence-electron chi connectivity index (χ2n) is 11.3. The number of carbonyl (C=O) groups is 1. The highest BCUT2D eigenvalue weighted by molar-refractivity contribution is 5.96. The van der Waals surface area contributed by atoms with E-state index in [0.717, 1.165) is 53.4 Å². The molecule has 40 heavy (non-hydrogen) atoms. The zero-order valence-electron chi connectivity index (χ0n) is 22.9. The summed E-state index contributed by atoms with van der Waals surface area (Å²) in [5.74, 6) is 1.60. The molecule has 2 aromatic carbocycles. The first kappa shape index (κ1) is 26.3. The maximum absolute atomic E-state index is 14.0. The number of nitrogens with one attached hydrogen (secondary N) is 2. The van der Waals surface area contributed by atoms with Crippen molar-refractivity contribution in [3.05, 3.63) is 72.1 Å². The first-order valence-electron chi connectivity index (χ1n) is 14.0. The van der Waals surface area contributed by atoms with E-state index in [1.807, 2.05) is 55.5 Å². The molecule has 6 rings (SSSR count). The minimum absolute atomic E-state index is 0.0925. The number of pyridine rings is 1. The van der Waals surface area contributed by atoms with Gasteiger partial charge in [-0.2, -0.15) is 0 Å². The number of hydrogen-bond acceptors (Lipinski definition) is 7. The average Bonchev–Trinajstić information content (AvgIpc) is 2.94. The average molecular weight is 540 g/mol. The van der Waals surface area contributed by atoms with Crippen LogP contribution in [0, 0.1) is 12.8 Å². The predicted octanol–water partition coefficient (Wildman–Crippen LogP) is 6.21. The molecule has 7 nitrogen and oxygen atoms in total. The number of ether oxygens (including phenoxy) is 1. The van der Waals surface area contributed by atoms with Gasteiger partial charge in [0.15, 0.2) is 0 Å². The third-order valence-electron chi connectivity index (χ3n) is 7.99. The van der Waals surface area contributed by atoms with Gasteiger partial charge in [-0.1, -0.05) is 30.3 Å². The Morgan fingerprint density at radius 1 is 1.10 bits per heavy atom. The van der Waals surface area contributed by atoms with Gasteiger partial charge in [0.1, 0.15) is 17.2 Å². The molecular formula is C32H34FN5O2. The summed E-state index contributed by atoms with van der Waals surface area (Å²) in [6, 6.07) is 15.9. The number of benzene rings is 2. The number of halogens is 1. The van der Waals surface area contributed by atoms with E-state index in [-0.39, 0.29) is 18.1 Å². The molecule has 2 fully saturated rings. The number of nitrogens with zero attached hydrogens (tertiary/aromatic N) is 3. The zero-order chi connectivity index (χ0) is 27.7. The number of rotatable bonds is 8. The van der Waals surface area contributed by atoms with Gasteiger partial charge in [0.05, 0.1) is 11.3 Å². The van der Waals surface area contributed by atoms with Crippen molar-refractivity contribution in [1.82, 2.24) is 20.3 Å². The summed E-state index contributed by atoms with van der Waals surface area (Å²) in [5, 5.41) is 8.70. The summed E-state index contributed by atoms with van der Waals surface area (Å²) < 4.78 is 20.5. The Kier molecular flexibility index (Phi) is 7.19. The van der Waals surface area contributed by atoms with Crippen molar-refractivity contribution in [2.75, 3.05) is 18.4 Å². The second-order valence-corrected chi connectivity index (χ2v) is 11.3. The molecule has 0 bridgehead atoms. The highest BCUT2D eigenvalue weighted by Gasteiger charge is 2.43. The Balaban J connectivity index is 1.29. The van der Waals surface area contributed by atoms with Gasteiger partial charge in [0.25, 0.3) is 0 Å². The molecule has 1 saturated carbocycles. The summed E-state index contributed by atoms with van der Waals surface area (Å²) in [5.41, 5.74) is 2.13. The number of Topliss-reactive ketones (excluding diaryl/α,β-unsaturated/α-hetero) is 1. The van der Waals surface area contributed by atoms with Gasteiger partial charge in [0.2, 0.25) is 11.8 Å². The molecule has 1 saturated heterocycles. The van der Waals surface area contributed by atoms with Crippen molar-refractivity contribution >= 4 is 22.5 Å². The topological polar surface area (TPSA) is 89.0 Å². The fourth-order valence-corrected chi connectivity index (χ4v) is 5.82. The van der Waals surface area contributed by atoms with Crippen molar-refractivity contribution in [1.29, 1.82) is 0 Å². The number of carbonyl (C=O) groups excluding carboxylic acids is 1. The lowest BCUT2D eigenvalue weighted by molar-refractivity contribution is -0.130. The van der Waals surface area contributed by atoms with E-state index in [1.165, 1.54) is 0 Å². The van der Waals surface area contributed by atoms with Crippen LogP contribution >= 0.6 is 0 Å². The molecule has 2 aliphatic rings. The lowest BCUT2D eigenvalue weighted by Gasteiger charge is -2.37. The molecule has 3 heterocycles. The third kappa shape index (κ3) is 5.54. The Morgan fingerprint density at radius 3 is 2.77 bits per heavy atom. The van der Waals surface area contributed by atoms with E-state index < -0.39 is 5.67 Å². The molecule has 8 heteroatoms. The highest BCUT2D eigenvalue weighted by Crippen LogP contribution is 2.42. The monoisotopic (exact) mass is 539 g/mol. The smallest absolute Gasteiger partial charge is 0.228 e. The van der Waals surface area contributed by atoms with Crippen LogP contribution in [-0.4, -0.2) is 45.5 Å². The van der Waals surface area contributed by atoms with Crippen LogP contribution in [-0.2, 0) is 11.2 Å². The number of fused-ring (bicyclic) bond motifs is 1. The maximum Gasteiger partial charge on any atom is 0.228 e. The molecule has 0 radical (unpaired) electrons. The molecule has 2 N–H and O–H groups in total. The van der Waals surface area contributed by atoms with E-state index in [9.17, 15) is 9.18 Å². The Labute approximate surface area is 233 Å². The molecule has 2 aromatic heterocycles. The van der Waals surface area contributed by atoms with Gasteiger partial charge in [0, 0.05) is 42.7 Å². The first-order valence-corrected chi connectivity index (χ1v) is 14.0. The highest BCUT2D eigenvalue weighted by atomic mass is 19.1. The number of ketones is 1. The van der Waals surface area contributed by atoms with E-state index in [4.69, 9.17) is 9.72 Å². The van der Waals surface area contributed by atoms with Crippen molar-refractivity contribution < 1.29 is 13.9 Å². The van der Waals surface area contributed by atoms with Gasteiger partial charge in [-0.15, -0.1) is 0 Å². The fraction of sp³-hybridized carbons (Fsp3) is 0.375. The zero-order valence-corrected chi connectivity index (χ0v) is 22.9. The lowest BCUT2D eigenvalue weighted by Crippen LogP contribution is -2.41. The van der Waals surface area contributed by atoms with Crippen molar-refractivity contribution in [2.45, 2.75) is 57.7 Å². The fourth-order valence-electron chi connectivity index (χ4n) is 5.82. The van der Waals surface area contributed by atoms with E-state index in [0.29, 0.717) is 42.2 Å². The summed E-state index contributed by atoms with van der Waals surface area (Å²) >= 11 is 0. The molecule has 4 aromatic rings. The van der Waals surface area contributed by atoms with Crippen molar-refractivity contribution in [3.63, 3.8) is 0 Å². The first-order chi connectivity index (χ1) is 19.4. The predicted molar refractivity (Wildman–Crippen MR) is 154 cm³/mol. The van der Waals surface area contributed by atoms with E-state index in [2.05, 4.69) is 20.6 Å². The minimum atomic E-state index is -1.22. The summed E-state index contributed by atoms with van der Waals surface area (Å²) in [6.07, 6.45) is 6.55. The molecule has 1 atom stereocenters. The Bertz CT molecular complexity index is 1540. The number of piperidine rings is 1. The van der Waals surface area contributed by atoms with Gasteiger partial charge < -0.3 is 15.4 Å². The summed E-state index contributed by atoms with van der Waals surface area (Å²) in [6.45, 7) is 5.50. The van der Waals surface area contributed by atoms with Crippen LogP contribution in [0.2, 0.25) is 0 Å². The Hall–Kier alpha value is -3.91. The van der Waals surface area contributed by atoms with Crippen molar-refractivity contribution in [3.8, 4) is 22.9 Å². The van der Waals surface area contributed by atoms with Crippen LogP contribution in [0.1, 0.15) is 43.7 Å². The molecule has 0 spiro atoms. The van der Waals surface area contributed by atoms with Crippen LogP contribution in [0.15, 0.2) is 60.9 Å². The molecule has 0 unspecified atom stereocenters. The molecule has 1 aliphatic heterocycles. The molecular weight excluding hydrogens is 505 g/mol. The van der Waals surface area contributed by atoms with E-state index in [1.54, 1.807) is 19.3 Å². The van der Waals surface area contributed by atoms with Crippen molar-refractivity contribution in [2.24, 2.45) is 5.92 Å². The lowest BCUT2D eigenvalue weighted by atomic mass is 9.70. The second kappa shape index (κ2) is 10.9. The van der Waals surface area contributed by atoms with Gasteiger partial charge in [-0.25, -0.2) is 19.3 Å². The standard InChI is InChI=1S/C32H34FN5O2/c1-20-10-11-24-21(16-28(39)22-17-32(2,33)18-22)6-3-8-25(24)29(20)40-30-26(9-5-14-35-30)27-12-15-36-31(38-27)37-23-7-4-13-34-19-23/h3,5-6,8-12,14-15,22-23,34H,4,7,13,16-19H2,1-2H3,(H,36,37,38)/t22?,23-,32?/m0/s1. The van der Waals surface area contributed by atoms with Crippen LogP contribution in [0.3, 0.4) is 0 Å². The normalized spacial score (nSPS) is 22.5. The van der Waals surface area contributed by atoms with Crippen LogP contribution in [0.25, 0.3) is 22.0 Å². The number of aryl methyl sites for hydroxylation is 1. The quantitative estimate of drug-likeness (QED) is 0.275. The Morgan fingerprint density at radius 2 is 1.98 bits per heavy atom. The summed E-state index contributed by atoms with van der Waals surface area (Å²) in [7, 11) is 0. The van der Waals surface area contributed by atoms with Crippen LogP contribution in [0.5, 0.6) is 11.6 Å². The third-order valence-corrected chi connectivity index (χ3v) is 7.99. The number of alkyl halides is 1. The van der Waals surface area contributed by atoms with Crippen LogP contribution in [0.4, 0.5) is 10.3 Å². The number of anilines is 1.